The number of rotatable bonds is 15. The summed E-state index contributed by atoms with van der Waals surface area (Å²) < 4.78 is 103. The van der Waals surface area contributed by atoms with E-state index in [1.807, 2.05) is 18.8 Å². The fourth-order valence-electron chi connectivity index (χ4n) is 1.03. The minimum Gasteiger partial charge on any atom is 0 e. The molecular formula is C16H52O26P10SWY. The van der Waals surface area contributed by atoms with Crippen LogP contribution in [0.25, 0.3) is 0 Å². The van der Waals surface area contributed by atoms with Crippen molar-refractivity contribution in [3.8, 4) is 0 Å². The number of hydrogen-bond donors (Lipinski definition) is 13. The van der Waals surface area contributed by atoms with Gasteiger partial charge in [-0.1, -0.05) is 55.4 Å². The predicted octanol–water partition coefficient (Wildman–Crippen LogP) is 4.69. The van der Waals surface area contributed by atoms with E-state index in [9.17, 15) is 41.4 Å². The van der Waals surface area contributed by atoms with Gasteiger partial charge in [0.25, 0.3) is 0 Å². The second-order valence-corrected chi connectivity index (χ2v) is 38.9. The van der Waals surface area contributed by atoms with Gasteiger partial charge in [-0.3, -0.25) is 13.7 Å². The first-order chi connectivity index (χ1) is 23.0. The third-order valence-electron chi connectivity index (χ3n) is 4.53. The molecule has 6 unspecified atom stereocenters. The topological polar surface area (TPSA) is 446 Å². The van der Waals surface area contributed by atoms with Gasteiger partial charge in [-0.25, -0.2) is 35.8 Å². The molecule has 0 aromatic rings. The minimum atomic E-state index is -5.27. The van der Waals surface area contributed by atoms with Gasteiger partial charge in [-0.05, 0) is 11.8 Å². The molecule has 13 N–H and O–H groups in total. The van der Waals surface area contributed by atoms with E-state index < -0.39 is 91.0 Å². The van der Waals surface area contributed by atoms with Crippen molar-refractivity contribution < 1.29 is 173 Å². The van der Waals surface area contributed by atoms with Crippen LogP contribution in [0.2, 0.25) is 0 Å². The predicted molar refractivity (Wildman–Crippen MR) is 199 cm³/mol. The second-order valence-electron chi connectivity index (χ2n) is 11.2. The summed E-state index contributed by atoms with van der Waals surface area (Å²) >= 11 is 6.29. The molecule has 0 amide bonds. The minimum absolute atomic E-state index is 0. The Morgan fingerprint density at radius 1 is 0.455 bits per heavy atom. The van der Waals surface area contributed by atoms with Crippen molar-refractivity contribution in [1.82, 2.24) is 0 Å². The number of hydrogen-bond acceptors (Lipinski definition) is 14. The van der Waals surface area contributed by atoms with Crippen molar-refractivity contribution in [3.05, 3.63) is 0 Å². The molecule has 26 nitrogen and oxygen atoms in total. The summed E-state index contributed by atoms with van der Waals surface area (Å²) in [6, 6.07) is 0. The van der Waals surface area contributed by atoms with Gasteiger partial charge in [0.1, 0.15) is 0 Å². The zero-order chi connectivity index (χ0) is 45.5. The summed E-state index contributed by atoms with van der Waals surface area (Å²) in [5.74, 6) is 0. The molecule has 0 aliphatic rings. The van der Waals surface area contributed by atoms with Gasteiger partial charge in [0.2, 0.25) is 0 Å². The Labute approximate surface area is 360 Å². The molecule has 0 saturated heterocycles. The Kier molecular flexibility index (Phi) is 36.9. The maximum Gasteiger partial charge on any atom is 0 e. The molecule has 337 valence electrons. The first kappa shape index (κ1) is 70.6. The average molecular weight is 1280 g/mol. The van der Waals surface area contributed by atoms with Crippen molar-refractivity contribution in [2.45, 2.75) is 97.5 Å². The van der Waals surface area contributed by atoms with E-state index in [0.29, 0.717) is 0 Å². The van der Waals surface area contributed by atoms with Crippen LogP contribution in [0, 0.1) is 0 Å². The summed E-state index contributed by atoms with van der Waals surface area (Å²) in [5.41, 5.74) is -1.90. The number of phosphoric acid groups is 5. The van der Waals surface area contributed by atoms with Crippen LogP contribution in [0.1, 0.15) is 69.2 Å². The molecule has 6 atom stereocenters. The average Bonchev–Trinajstić information content (AvgIpc) is 2.78. The van der Waals surface area contributed by atoms with Crippen LogP contribution in [0.5, 0.6) is 0 Å². The van der Waals surface area contributed by atoms with Gasteiger partial charge >= 0.3 is 112 Å². The monoisotopic (exact) mass is 1270 g/mol. The van der Waals surface area contributed by atoms with Gasteiger partial charge < -0.3 is 63.6 Å². The molecule has 0 heterocycles. The molecule has 39 heteroatoms. The standard InChI is InChI=1S/C4H11P.C3H11O9P3.C3H11O8P3S.C3H10O6P2.C3H9O3P.W.Y/c1-4(2)5-3;1-3(2)13(4,5)11-15(9,10)12-14(6,7)8;1-3(2)12(4,15)10-14(8,9)11-13(5,6)7;1-3(2)10(4,5)9-11(6,7)8;1-3(2)7(4,5)6;;/h4-5H,1-3H3;3H,1-2H3,(H,4,5)(H,9,10)(H2,6,7,8);3H,1-2H3,(H,4,15)(H,8,9)(H2,5,6,7);3H,1-2H3,(H,4,5)(H2,6,7,8);3H,1-2H3,(H2,4,5,6);;. The van der Waals surface area contributed by atoms with Gasteiger partial charge in [-0.2, -0.15) is 8.62 Å². The van der Waals surface area contributed by atoms with E-state index in [4.69, 9.17) is 58.7 Å². The van der Waals surface area contributed by atoms with E-state index in [0.717, 1.165) is 5.66 Å². The maximum atomic E-state index is 11.1. The van der Waals surface area contributed by atoms with Gasteiger partial charge in [0.05, 0.1) is 17.0 Å². The normalized spacial score (nSPS) is 18.4. The third kappa shape index (κ3) is 47.3. The van der Waals surface area contributed by atoms with Crippen molar-refractivity contribution in [2.75, 3.05) is 6.66 Å². The second kappa shape index (κ2) is 28.7. The Bertz CT molecular complexity index is 1530. The van der Waals surface area contributed by atoms with Crippen molar-refractivity contribution in [2.24, 2.45) is 0 Å². The molecular weight excluding hydrogens is 1220 g/mol. The van der Waals surface area contributed by atoms with Crippen molar-refractivity contribution in [1.29, 1.82) is 0 Å². The van der Waals surface area contributed by atoms with Gasteiger partial charge in [-0.15, -0.1) is 0 Å². The van der Waals surface area contributed by atoms with E-state index in [1.54, 1.807) is 0 Å². The molecule has 0 spiro atoms. The largest absolute Gasteiger partial charge is 0 e. The molecule has 0 aromatic carbocycles. The van der Waals surface area contributed by atoms with E-state index in [1.165, 1.54) is 55.4 Å². The van der Waals surface area contributed by atoms with Crippen LogP contribution in [0.4, 0.5) is 0 Å². The summed E-state index contributed by atoms with van der Waals surface area (Å²) in [4.78, 5) is 110. The van der Waals surface area contributed by atoms with Crippen LogP contribution < -0.4 is 0 Å². The molecule has 0 rings (SSSR count). The molecule has 0 fully saturated rings. The zero-order valence-electron chi connectivity index (χ0n) is 30.9. The molecule has 0 aromatic heterocycles. The summed E-state index contributed by atoms with van der Waals surface area (Å²) in [7, 11) is -38.0. The van der Waals surface area contributed by atoms with Crippen molar-refractivity contribution in [3.63, 3.8) is 0 Å². The van der Waals surface area contributed by atoms with Crippen LogP contribution >= 0.6 is 73.9 Å². The Hall–Kier alpha value is 3.99. The van der Waals surface area contributed by atoms with Crippen LogP contribution in [0.15, 0.2) is 0 Å². The summed E-state index contributed by atoms with van der Waals surface area (Å²) in [6.45, 7) is 14.3. The Balaban J connectivity index is -0.000000141. The first-order valence-electron chi connectivity index (χ1n) is 13.9. The van der Waals surface area contributed by atoms with Crippen LogP contribution in [-0.4, -0.2) is 98.6 Å². The van der Waals surface area contributed by atoms with E-state index >= 15 is 0 Å². The first-order valence-corrected chi connectivity index (χ1v) is 35.6. The quantitative estimate of drug-likeness (QED) is 0.0989. The smallest absolute Gasteiger partial charge is 0 e. The van der Waals surface area contributed by atoms with Crippen LogP contribution in [-0.2, 0) is 121 Å². The molecule has 0 aliphatic carbocycles. The molecule has 0 saturated carbocycles. The fraction of sp³-hybridized carbons (Fsp3) is 1.00. The van der Waals surface area contributed by atoms with Gasteiger partial charge in [0.15, 0.2) is 6.49 Å². The summed E-state index contributed by atoms with van der Waals surface area (Å²) in [5, 5.41) is 0. The Morgan fingerprint density at radius 3 is 0.818 bits per heavy atom. The SMILES string of the molecule is CC(C)P(=O)(O)O.CC(C)P(=O)(O)OP(=O)(O)O.CC(C)P(=O)(O)OP(=O)(O)OP(=O)(O)O.CC(C)P(O)(=S)OP(=O)(O)OP(=O)(O)O.CC(C)[PH](C)=[W].[Y]. The molecule has 0 bridgehead atoms. The Morgan fingerprint density at radius 2 is 0.673 bits per heavy atom. The van der Waals surface area contributed by atoms with Gasteiger partial charge in [0, 0.05) is 38.4 Å². The van der Waals surface area contributed by atoms with E-state index in [2.05, 4.69) is 53.9 Å². The maximum absolute atomic E-state index is 11.1. The van der Waals surface area contributed by atoms with E-state index in [-0.39, 0.29) is 38.3 Å². The van der Waals surface area contributed by atoms with Crippen LogP contribution in [0.3, 0.4) is 0 Å². The zero-order valence-corrected chi connectivity index (χ0v) is 46.6. The molecule has 55 heavy (non-hydrogen) atoms. The fourth-order valence-corrected chi connectivity index (χ4v) is 10.6. The molecule has 1 radical (unpaired) electrons. The third-order valence-corrected chi connectivity index (χ3v) is 27.0. The molecule has 0 aliphatic heterocycles. The summed E-state index contributed by atoms with van der Waals surface area (Å²) in [6.07, 6.45) is 0. The van der Waals surface area contributed by atoms with Crippen molar-refractivity contribution >= 4 is 85.8 Å².